The summed E-state index contributed by atoms with van der Waals surface area (Å²) in [5, 5.41) is 9.31. The van der Waals surface area contributed by atoms with Gasteiger partial charge >= 0.3 is 11.9 Å². The summed E-state index contributed by atoms with van der Waals surface area (Å²) < 4.78 is 16.2. The van der Waals surface area contributed by atoms with E-state index in [4.69, 9.17) is 14.2 Å². The molecule has 0 saturated carbocycles. The van der Waals surface area contributed by atoms with E-state index in [0.717, 1.165) is 24.0 Å². The summed E-state index contributed by atoms with van der Waals surface area (Å²) in [6.45, 7) is 11.1. The fraction of sp³-hybridized carbons (Fsp3) is 0.524. The summed E-state index contributed by atoms with van der Waals surface area (Å²) in [5.41, 5.74) is 2.49. The zero-order valence-corrected chi connectivity index (χ0v) is 16.2. The lowest BCUT2D eigenvalue weighted by Crippen LogP contribution is -2.35. The van der Waals surface area contributed by atoms with Gasteiger partial charge in [0.05, 0.1) is 18.1 Å². The van der Waals surface area contributed by atoms with Crippen LogP contribution in [-0.4, -0.2) is 49.1 Å². The minimum absolute atomic E-state index is 0.0258. The summed E-state index contributed by atoms with van der Waals surface area (Å²) in [6.07, 6.45) is 4.24. The molecule has 1 fully saturated rings. The molecule has 27 heavy (non-hydrogen) atoms. The Bertz CT molecular complexity index is 683. The van der Waals surface area contributed by atoms with Crippen molar-refractivity contribution in [2.45, 2.75) is 51.4 Å². The lowest BCUT2D eigenvalue weighted by molar-refractivity contribution is -0.148. The van der Waals surface area contributed by atoms with Crippen LogP contribution in [0, 0.1) is 5.92 Å². The molecule has 148 valence electrons. The summed E-state index contributed by atoms with van der Waals surface area (Å²) in [7, 11) is 1.38. The largest absolute Gasteiger partial charge is 0.458 e. The first-order chi connectivity index (χ1) is 12.8. The quantitative estimate of drug-likeness (QED) is 0.451. The van der Waals surface area contributed by atoms with Gasteiger partial charge in [0, 0.05) is 19.1 Å². The molecule has 1 aliphatic carbocycles. The normalized spacial score (nSPS) is 30.9. The Morgan fingerprint density at radius 1 is 1.41 bits per heavy atom. The molecule has 1 aliphatic heterocycles. The third kappa shape index (κ3) is 4.96. The molecule has 0 unspecified atom stereocenters. The molecule has 0 bridgehead atoms. The van der Waals surface area contributed by atoms with Crippen LogP contribution in [0.5, 0.6) is 0 Å². The molecule has 1 heterocycles. The minimum Gasteiger partial charge on any atom is -0.458 e. The van der Waals surface area contributed by atoms with E-state index in [2.05, 4.69) is 19.2 Å². The van der Waals surface area contributed by atoms with E-state index in [1.807, 2.05) is 19.9 Å². The number of ether oxygens (including phenoxy) is 3. The van der Waals surface area contributed by atoms with Crippen LogP contribution in [0.2, 0.25) is 0 Å². The number of hydrogen-bond acceptors (Lipinski definition) is 6. The predicted octanol–water partition coefficient (Wildman–Crippen LogP) is 2.64. The number of esters is 2. The summed E-state index contributed by atoms with van der Waals surface area (Å²) in [6, 6.07) is 0. The number of aliphatic hydroxyl groups is 1. The smallest absolute Gasteiger partial charge is 0.336 e. The Balaban J connectivity index is 2.32. The minimum atomic E-state index is -0.837. The standard InChI is InChI=1S/C21H28O6/c1-12-7-6-8-13(2)10-17-19(15(4)21(24)27-17)16(9-12)26-20(23)14(3)18(11-22)25-5/h7,10,16-19,22H,3-4,6,8-9,11H2,1-2,5H3/b12-7-,13-10-/t16-,17-,18+,19-/m1/s1. The zero-order valence-electron chi connectivity index (χ0n) is 16.2. The Hall–Kier alpha value is -2.18. The van der Waals surface area contributed by atoms with E-state index >= 15 is 0 Å². The highest BCUT2D eigenvalue weighted by Gasteiger charge is 2.44. The summed E-state index contributed by atoms with van der Waals surface area (Å²) >= 11 is 0. The average molecular weight is 376 g/mol. The van der Waals surface area contributed by atoms with E-state index in [0.29, 0.717) is 12.0 Å². The molecule has 0 spiro atoms. The second-order valence-corrected chi connectivity index (χ2v) is 7.10. The van der Waals surface area contributed by atoms with Crippen LogP contribution in [0.25, 0.3) is 0 Å². The van der Waals surface area contributed by atoms with Gasteiger partial charge < -0.3 is 19.3 Å². The first-order valence-corrected chi connectivity index (χ1v) is 9.04. The average Bonchev–Trinajstić information content (AvgIpc) is 2.88. The highest BCUT2D eigenvalue weighted by molar-refractivity contribution is 5.92. The molecule has 0 amide bonds. The maximum Gasteiger partial charge on any atom is 0.336 e. The highest BCUT2D eigenvalue weighted by atomic mass is 16.6. The Kier molecular flexibility index (Phi) is 7.16. The molecule has 0 aromatic carbocycles. The third-order valence-corrected chi connectivity index (χ3v) is 5.03. The van der Waals surface area contributed by atoms with Crippen LogP contribution in [0.1, 0.15) is 33.1 Å². The van der Waals surface area contributed by atoms with Crippen molar-refractivity contribution in [3.05, 3.63) is 47.6 Å². The number of methoxy groups -OCH3 is 1. The van der Waals surface area contributed by atoms with Gasteiger partial charge in [-0.05, 0) is 32.8 Å². The van der Waals surface area contributed by atoms with E-state index in [1.54, 1.807) is 0 Å². The molecule has 1 saturated heterocycles. The molecule has 0 aromatic heterocycles. The zero-order chi connectivity index (χ0) is 20.1. The van der Waals surface area contributed by atoms with Gasteiger partial charge in [0.2, 0.25) is 0 Å². The van der Waals surface area contributed by atoms with Crippen molar-refractivity contribution in [1.82, 2.24) is 0 Å². The van der Waals surface area contributed by atoms with Crippen LogP contribution in [0.4, 0.5) is 0 Å². The monoisotopic (exact) mass is 376 g/mol. The van der Waals surface area contributed by atoms with Gasteiger partial charge in [-0.3, -0.25) is 0 Å². The van der Waals surface area contributed by atoms with Gasteiger partial charge in [-0.2, -0.15) is 0 Å². The van der Waals surface area contributed by atoms with Crippen molar-refractivity contribution in [3.8, 4) is 0 Å². The van der Waals surface area contributed by atoms with Crippen LogP contribution in [-0.2, 0) is 23.8 Å². The van der Waals surface area contributed by atoms with Crippen LogP contribution >= 0.6 is 0 Å². The highest BCUT2D eigenvalue weighted by Crippen LogP contribution is 2.36. The number of carbonyl (C=O) groups is 2. The van der Waals surface area contributed by atoms with Gasteiger partial charge in [-0.15, -0.1) is 0 Å². The first-order valence-electron chi connectivity index (χ1n) is 9.04. The van der Waals surface area contributed by atoms with Crippen molar-refractivity contribution in [2.24, 2.45) is 5.92 Å². The van der Waals surface area contributed by atoms with E-state index in [9.17, 15) is 14.7 Å². The number of fused-ring (bicyclic) bond motifs is 1. The maximum atomic E-state index is 12.6. The molecule has 6 heteroatoms. The number of hydrogen-bond donors (Lipinski definition) is 1. The molecule has 0 aromatic rings. The topological polar surface area (TPSA) is 82.1 Å². The summed E-state index contributed by atoms with van der Waals surface area (Å²) in [5.74, 6) is -1.61. The van der Waals surface area contributed by atoms with E-state index in [-0.39, 0.29) is 12.2 Å². The predicted molar refractivity (Wildman–Crippen MR) is 101 cm³/mol. The molecule has 2 rings (SSSR count). The SMILES string of the molecule is C=C1C(=O)O[C@@H]2/C=C(/C)CC/C=C(/C)C[C@@H](OC(=O)C(=C)[C@H](CO)OC)[C@@H]12. The molecule has 4 atom stereocenters. The van der Waals surface area contributed by atoms with Crippen LogP contribution in [0.3, 0.4) is 0 Å². The van der Waals surface area contributed by atoms with Crippen molar-refractivity contribution in [3.63, 3.8) is 0 Å². The molecule has 6 nitrogen and oxygen atoms in total. The van der Waals surface area contributed by atoms with Gasteiger partial charge in [0.1, 0.15) is 18.3 Å². The van der Waals surface area contributed by atoms with Crippen LogP contribution in [0.15, 0.2) is 47.6 Å². The van der Waals surface area contributed by atoms with Crippen molar-refractivity contribution in [1.29, 1.82) is 0 Å². The summed E-state index contributed by atoms with van der Waals surface area (Å²) in [4.78, 5) is 24.7. The maximum absolute atomic E-state index is 12.6. The second kappa shape index (κ2) is 9.15. The number of aliphatic hydroxyl groups excluding tert-OH is 1. The molecule has 0 radical (unpaired) electrons. The molecule has 1 N–H and O–H groups in total. The lowest BCUT2D eigenvalue weighted by atomic mass is 9.85. The fourth-order valence-electron chi connectivity index (χ4n) is 3.40. The fourth-order valence-corrected chi connectivity index (χ4v) is 3.40. The Morgan fingerprint density at radius 3 is 2.74 bits per heavy atom. The Morgan fingerprint density at radius 2 is 2.11 bits per heavy atom. The molecular formula is C21H28O6. The molecular weight excluding hydrogens is 348 g/mol. The Labute approximate surface area is 160 Å². The van der Waals surface area contributed by atoms with Gasteiger partial charge in [-0.25, -0.2) is 9.59 Å². The number of rotatable bonds is 5. The van der Waals surface area contributed by atoms with Gasteiger partial charge in [0.25, 0.3) is 0 Å². The van der Waals surface area contributed by atoms with Crippen molar-refractivity contribution in [2.75, 3.05) is 13.7 Å². The lowest BCUT2D eigenvalue weighted by Gasteiger charge is -2.28. The van der Waals surface area contributed by atoms with Gasteiger partial charge in [0.15, 0.2) is 0 Å². The molecule has 2 aliphatic rings. The number of allylic oxidation sites excluding steroid dienone is 2. The number of carbonyl (C=O) groups excluding carboxylic acids is 2. The van der Waals surface area contributed by atoms with Crippen molar-refractivity contribution < 1.29 is 28.9 Å². The van der Waals surface area contributed by atoms with E-state index < -0.39 is 36.2 Å². The third-order valence-electron chi connectivity index (χ3n) is 5.03. The van der Waals surface area contributed by atoms with Crippen molar-refractivity contribution >= 4 is 11.9 Å². The first kappa shape index (κ1) is 21.1. The second-order valence-electron chi connectivity index (χ2n) is 7.10. The van der Waals surface area contributed by atoms with E-state index in [1.165, 1.54) is 7.11 Å². The van der Waals surface area contributed by atoms with Gasteiger partial charge in [-0.1, -0.05) is 30.4 Å². The van der Waals surface area contributed by atoms with Crippen LogP contribution < -0.4 is 0 Å².